The predicted octanol–water partition coefficient (Wildman–Crippen LogP) is 0.901. The molecule has 0 unspecified atom stereocenters. The van der Waals surface area contributed by atoms with Gasteiger partial charge in [0.2, 0.25) is 11.8 Å². The van der Waals surface area contributed by atoms with Crippen molar-refractivity contribution in [1.29, 1.82) is 0 Å². The maximum Gasteiger partial charge on any atom is 0.255 e. The number of piperazine rings is 2. The molecule has 2 fully saturated rings. The maximum absolute atomic E-state index is 12.6. The minimum atomic E-state index is -0.620. The molecule has 122 valence electrons. The molecule has 23 heavy (non-hydrogen) atoms. The van der Waals surface area contributed by atoms with Gasteiger partial charge in [0, 0.05) is 13.1 Å². The predicted molar refractivity (Wildman–Crippen MR) is 85.1 cm³/mol. The van der Waals surface area contributed by atoms with Crippen molar-refractivity contribution >= 4 is 29.3 Å². The van der Waals surface area contributed by atoms with Gasteiger partial charge in [-0.1, -0.05) is 30.7 Å². The van der Waals surface area contributed by atoms with Crippen LogP contribution < -0.4 is 5.32 Å². The topological polar surface area (TPSA) is 69.7 Å². The Bertz CT molecular complexity index is 664. The van der Waals surface area contributed by atoms with Crippen molar-refractivity contribution in [2.24, 2.45) is 0 Å². The number of rotatable bonds is 2. The highest BCUT2D eigenvalue weighted by Crippen LogP contribution is 2.22. The van der Waals surface area contributed by atoms with E-state index in [1.807, 2.05) is 6.92 Å². The highest BCUT2D eigenvalue weighted by atomic mass is 35.5. The van der Waals surface area contributed by atoms with E-state index in [9.17, 15) is 14.4 Å². The Balaban J connectivity index is 1.78. The summed E-state index contributed by atoms with van der Waals surface area (Å²) in [6.45, 7) is 2.82. The van der Waals surface area contributed by atoms with Gasteiger partial charge < -0.3 is 15.1 Å². The van der Waals surface area contributed by atoms with Crippen LogP contribution in [0.5, 0.6) is 0 Å². The lowest BCUT2D eigenvalue weighted by Gasteiger charge is -2.45. The highest BCUT2D eigenvalue weighted by molar-refractivity contribution is 6.33. The second-order valence-electron chi connectivity index (χ2n) is 5.75. The van der Waals surface area contributed by atoms with E-state index in [-0.39, 0.29) is 24.3 Å². The third-order valence-electron chi connectivity index (χ3n) is 4.38. The molecule has 2 heterocycles. The van der Waals surface area contributed by atoms with Crippen LogP contribution in [0.4, 0.5) is 0 Å². The van der Waals surface area contributed by atoms with Crippen molar-refractivity contribution < 1.29 is 14.4 Å². The number of fused-ring (bicyclic) bond motifs is 1. The van der Waals surface area contributed by atoms with E-state index in [1.165, 1.54) is 0 Å². The van der Waals surface area contributed by atoms with E-state index in [0.717, 1.165) is 0 Å². The van der Waals surface area contributed by atoms with Gasteiger partial charge in [-0.15, -0.1) is 0 Å². The average molecular weight is 336 g/mol. The molecule has 2 saturated heterocycles. The van der Waals surface area contributed by atoms with Crippen LogP contribution in [0.25, 0.3) is 0 Å². The molecule has 0 radical (unpaired) electrons. The lowest BCUT2D eigenvalue weighted by atomic mass is 10.0. The normalized spacial score (nSPS) is 24.3. The number of benzene rings is 1. The van der Waals surface area contributed by atoms with Gasteiger partial charge in [-0.3, -0.25) is 14.4 Å². The van der Waals surface area contributed by atoms with Crippen LogP contribution in [0.1, 0.15) is 23.7 Å². The molecule has 6 nitrogen and oxygen atoms in total. The monoisotopic (exact) mass is 335 g/mol. The fourth-order valence-electron chi connectivity index (χ4n) is 3.07. The second-order valence-corrected chi connectivity index (χ2v) is 6.16. The highest BCUT2D eigenvalue weighted by Gasteiger charge is 2.43. The summed E-state index contributed by atoms with van der Waals surface area (Å²) in [6, 6.07) is 5.76. The van der Waals surface area contributed by atoms with Gasteiger partial charge in [0.25, 0.3) is 5.91 Å². The number of hydrogen-bond donors (Lipinski definition) is 1. The minimum Gasteiger partial charge on any atom is -0.342 e. The first kappa shape index (κ1) is 15.8. The first-order chi connectivity index (χ1) is 11.0. The SMILES string of the molecule is CC[C@@H]1NC(=O)[C@H]2CN(C(=O)c3ccccc3Cl)CCN2C1=O. The maximum atomic E-state index is 12.6. The van der Waals surface area contributed by atoms with E-state index in [2.05, 4.69) is 5.32 Å². The molecule has 1 aromatic rings. The van der Waals surface area contributed by atoms with Crippen molar-refractivity contribution in [3.63, 3.8) is 0 Å². The number of carbonyl (C=O) groups excluding carboxylic acids is 3. The Labute approximate surface area is 139 Å². The summed E-state index contributed by atoms with van der Waals surface area (Å²) in [6.07, 6.45) is 0.566. The molecule has 0 saturated carbocycles. The molecule has 0 aliphatic carbocycles. The third kappa shape index (κ3) is 2.79. The molecule has 1 N–H and O–H groups in total. The minimum absolute atomic E-state index is 0.0676. The Morgan fingerprint density at radius 1 is 1.30 bits per heavy atom. The first-order valence-corrected chi connectivity index (χ1v) is 8.05. The molecular formula is C16H18ClN3O3. The number of nitrogens with one attached hydrogen (secondary N) is 1. The van der Waals surface area contributed by atoms with Crippen molar-refractivity contribution in [3.05, 3.63) is 34.9 Å². The lowest BCUT2D eigenvalue weighted by Crippen LogP contribution is -2.69. The van der Waals surface area contributed by atoms with Gasteiger partial charge in [0.05, 0.1) is 17.1 Å². The number of carbonyl (C=O) groups is 3. The number of nitrogens with zero attached hydrogens (tertiary/aromatic N) is 2. The standard InChI is InChI=1S/C16H18ClN3O3/c1-2-12-16(23)20-8-7-19(9-13(20)14(21)18-12)15(22)10-5-3-4-6-11(10)17/h3-6,12-13H,2,7-9H2,1H3,(H,18,21)/t12-,13+/m0/s1. The lowest BCUT2D eigenvalue weighted by molar-refractivity contribution is -0.152. The molecule has 2 atom stereocenters. The van der Waals surface area contributed by atoms with E-state index >= 15 is 0 Å². The number of hydrogen-bond acceptors (Lipinski definition) is 3. The Morgan fingerprint density at radius 3 is 2.74 bits per heavy atom. The van der Waals surface area contributed by atoms with Crippen LogP contribution in [-0.2, 0) is 9.59 Å². The van der Waals surface area contributed by atoms with Crippen LogP contribution in [0, 0.1) is 0 Å². The Morgan fingerprint density at radius 2 is 2.04 bits per heavy atom. The first-order valence-electron chi connectivity index (χ1n) is 7.67. The molecular weight excluding hydrogens is 318 g/mol. The van der Waals surface area contributed by atoms with Crippen LogP contribution >= 0.6 is 11.6 Å². The molecule has 0 spiro atoms. The van der Waals surface area contributed by atoms with E-state index in [4.69, 9.17) is 11.6 Å². The van der Waals surface area contributed by atoms with E-state index in [1.54, 1.807) is 34.1 Å². The molecule has 0 bridgehead atoms. The average Bonchev–Trinajstić information content (AvgIpc) is 2.57. The van der Waals surface area contributed by atoms with Crippen LogP contribution in [0.3, 0.4) is 0 Å². The summed E-state index contributed by atoms with van der Waals surface area (Å²) < 4.78 is 0. The quantitative estimate of drug-likeness (QED) is 0.873. The van der Waals surface area contributed by atoms with Gasteiger partial charge >= 0.3 is 0 Å². The molecule has 7 heteroatoms. The fraction of sp³-hybridized carbons (Fsp3) is 0.438. The van der Waals surface area contributed by atoms with Gasteiger partial charge in [0.1, 0.15) is 12.1 Å². The molecule has 1 aromatic carbocycles. The van der Waals surface area contributed by atoms with Crippen molar-refractivity contribution in [3.8, 4) is 0 Å². The fourth-order valence-corrected chi connectivity index (χ4v) is 3.28. The summed E-state index contributed by atoms with van der Waals surface area (Å²) in [4.78, 5) is 40.4. The van der Waals surface area contributed by atoms with Crippen LogP contribution in [-0.4, -0.2) is 59.2 Å². The summed E-state index contributed by atoms with van der Waals surface area (Å²) in [5.74, 6) is -0.483. The molecule has 0 aromatic heterocycles. The smallest absolute Gasteiger partial charge is 0.255 e. The summed E-state index contributed by atoms with van der Waals surface area (Å²) in [5, 5.41) is 3.12. The zero-order valence-corrected chi connectivity index (χ0v) is 13.5. The molecule has 3 amide bonds. The summed E-state index contributed by atoms with van der Waals surface area (Å²) in [5.41, 5.74) is 0.414. The zero-order chi connectivity index (χ0) is 16.6. The van der Waals surface area contributed by atoms with Gasteiger partial charge in [-0.05, 0) is 18.6 Å². The number of amides is 3. The van der Waals surface area contributed by atoms with Gasteiger partial charge in [-0.25, -0.2) is 0 Å². The van der Waals surface area contributed by atoms with Gasteiger partial charge in [0.15, 0.2) is 0 Å². The summed E-state index contributed by atoms with van der Waals surface area (Å²) in [7, 11) is 0. The Hall–Kier alpha value is -2.08. The number of halogens is 1. The van der Waals surface area contributed by atoms with Crippen molar-refractivity contribution in [2.75, 3.05) is 19.6 Å². The van der Waals surface area contributed by atoms with E-state index in [0.29, 0.717) is 30.1 Å². The van der Waals surface area contributed by atoms with Crippen LogP contribution in [0.2, 0.25) is 5.02 Å². The Kier molecular flexibility index (Phi) is 4.26. The van der Waals surface area contributed by atoms with Crippen molar-refractivity contribution in [1.82, 2.24) is 15.1 Å². The summed E-state index contributed by atoms with van der Waals surface area (Å²) >= 11 is 6.07. The molecule has 2 aliphatic heterocycles. The molecule has 3 rings (SSSR count). The molecule has 2 aliphatic rings. The van der Waals surface area contributed by atoms with Crippen LogP contribution in [0.15, 0.2) is 24.3 Å². The van der Waals surface area contributed by atoms with Gasteiger partial charge in [-0.2, -0.15) is 0 Å². The third-order valence-corrected chi connectivity index (χ3v) is 4.71. The van der Waals surface area contributed by atoms with Crippen molar-refractivity contribution in [2.45, 2.75) is 25.4 Å². The second kappa shape index (κ2) is 6.20. The zero-order valence-electron chi connectivity index (χ0n) is 12.8. The van der Waals surface area contributed by atoms with E-state index < -0.39 is 12.1 Å². The largest absolute Gasteiger partial charge is 0.342 e.